The molecule has 4 fully saturated rings. The van der Waals surface area contributed by atoms with Gasteiger partial charge in [0.1, 0.15) is 54.9 Å². The molecule has 364 valence electrons. The zero-order valence-electron chi connectivity index (χ0n) is 33.9. The van der Waals surface area contributed by atoms with Crippen molar-refractivity contribution in [2.75, 3.05) is 53.4 Å². The second kappa shape index (κ2) is 28.1. The summed E-state index contributed by atoms with van der Waals surface area (Å²) in [6.07, 6.45) is -12.3. The highest BCUT2D eigenvalue weighted by Gasteiger charge is 2.43. The van der Waals surface area contributed by atoms with E-state index in [4.69, 9.17) is 28.4 Å². The molecule has 0 bridgehead atoms. The SMILES string of the molecule is CC.CC1COC(COS(=O)(=O)[O-])C(O)C1O.CC1COC(COS(=O)(=O)[O-])C(O)C1O.CCOC1C(C(=O)[O-])OCC(OS(=O)(=O)[O-])C1O.COC1CCCOC1C(=O)[O-]. The number of hydrogen-bond acceptors (Lipinski definition) is 27. The largest absolute Gasteiger partial charge is 0.726 e. The molecule has 30 heteroatoms. The molecule has 0 aliphatic carbocycles. The van der Waals surface area contributed by atoms with E-state index in [0.29, 0.717) is 6.61 Å². The Morgan fingerprint density at radius 2 is 1.08 bits per heavy atom. The summed E-state index contributed by atoms with van der Waals surface area (Å²) in [6.45, 7) is 8.01. The van der Waals surface area contributed by atoms with Crippen molar-refractivity contribution in [1.29, 1.82) is 0 Å². The number of carbonyl (C=O) groups excluding carboxylic acids is 2. The molecule has 4 saturated heterocycles. The summed E-state index contributed by atoms with van der Waals surface area (Å²) >= 11 is 0. The maximum Gasteiger partial charge on any atom is 0.218 e. The quantitative estimate of drug-likeness (QED) is 0.0846. The van der Waals surface area contributed by atoms with Gasteiger partial charge in [0, 0.05) is 32.2 Å². The van der Waals surface area contributed by atoms with Crippen LogP contribution in [0.2, 0.25) is 0 Å². The minimum atomic E-state index is -5.04. The fraction of sp³-hybridized carbons (Fsp3) is 0.935. The van der Waals surface area contributed by atoms with Crippen LogP contribution in [-0.2, 0) is 81.8 Å². The van der Waals surface area contributed by atoms with Gasteiger partial charge in [-0.15, -0.1) is 0 Å². The highest BCUT2D eigenvalue weighted by molar-refractivity contribution is 7.81. The maximum absolute atomic E-state index is 10.7. The Kier molecular flexibility index (Phi) is 27.2. The molecule has 14 unspecified atom stereocenters. The van der Waals surface area contributed by atoms with Crippen LogP contribution >= 0.6 is 0 Å². The molecular formula is C31H55O27S3-5. The number of aliphatic hydroxyl groups is 5. The number of rotatable bonds is 13. The lowest BCUT2D eigenvalue weighted by Crippen LogP contribution is -2.60. The van der Waals surface area contributed by atoms with Crippen LogP contribution in [0, 0.1) is 11.8 Å². The maximum atomic E-state index is 10.7. The van der Waals surface area contributed by atoms with E-state index in [-0.39, 0.29) is 37.8 Å². The molecule has 0 aromatic carbocycles. The summed E-state index contributed by atoms with van der Waals surface area (Å²) in [6, 6.07) is 0. The van der Waals surface area contributed by atoms with Crippen LogP contribution in [0.1, 0.15) is 47.5 Å². The topological polar surface area (TPSA) is 436 Å². The van der Waals surface area contributed by atoms with Crippen LogP contribution in [0.3, 0.4) is 0 Å². The van der Waals surface area contributed by atoms with Gasteiger partial charge in [0.25, 0.3) is 0 Å². The van der Waals surface area contributed by atoms with E-state index in [2.05, 4.69) is 12.5 Å². The van der Waals surface area contributed by atoms with Crippen molar-refractivity contribution in [1.82, 2.24) is 0 Å². The Hall–Kier alpha value is -1.89. The number of methoxy groups -OCH3 is 1. The Morgan fingerprint density at radius 1 is 0.639 bits per heavy atom. The van der Waals surface area contributed by atoms with E-state index in [0.717, 1.165) is 12.8 Å². The predicted molar refractivity (Wildman–Crippen MR) is 190 cm³/mol. The molecule has 0 aromatic heterocycles. The lowest BCUT2D eigenvalue weighted by atomic mass is 9.94. The molecule has 0 radical (unpaired) electrons. The van der Waals surface area contributed by atoms with E-state index in [1.807, 2.05) is 13.8 Å². The van der Waals surface area contributed by atoms with Crippen molar-refractivity contribution in [3.05, 3.63) is 0 Å². The highest BCUT2D eigenvalue weighted by Crippen LogP contribution is 2.23. The summed E-state index contributed by atoms with van der Waals surface area (Å²) < 4.78 is 134. The Bertz CT molecular complexity index is 1530. The first-order valence-electron chi connectivity index (χ1n) is 18.4. The van der Waals surface area contributed by atoms with Gasteiger partial charge in [-0.1, -0.05) is 27.7 Å². The van der Waals surface area contributed by atoms with Gasteiger partial charge in [0.05, 0.1) is 63.3 Å². The number of carboxylic acid groups (broad SMARTS) is 2. The number of aliphatic carboxylic acids is 2. The van der Waals surface area contributed by atoms with Crippen molar-refractivity contribution in [3.63, 3.8) is 0 Å². The normalized spacial score (nSPS) is 34.3. The zero-order chi connectivity index (χ0) is 47.5. The highest BCUT2D eigenvalue weighted by atomic mass is 32.3. The van der Waals surface area contributed by atoms with Gasteiger partial charge in [-0.25, -0.2) is 25.3 Å². The third-order valence-corrected chi connectivity index (χ3v) is 9.95. The van der Waals surface area contributed by atoms with Gasteiger partial charge < -0.3 is 87.4 Å². The molecule has 5 N–H and O–H groups in total. The first kappa shape index (κ1) is 59.1. The summed E-state index contributed by atoms with van der Waals surface area (Å²) in [5.41, 5.74) is 0. The molecule has 4 aliphatic rings. The minimum absolute atomic E-state index is 0.0473. The van der Waals surface area contributed by atoms with E-state index < -0.39 is 130 Å². The molecule has 0 spiro atoms. The molecule has 0 aromatic rings. The van der Waals surface area contributed by atoms with Gasteiger partial charge in [0.15, 0.2) is 0 Å². The molecule has 27 nitrogen and oxygen atoms in total. The van der Waals surface area contributed by atoms with Gasteiger partial charge in [-0.2, -0.15) is 0 Å². The van der Waals surface area contributed by atoms with E-state index in [1.165, 1.54) is 14.0 Å². The van der Waals surface area contributed by atoms with Crippen LogP contribution < -0.4 is 10.2 Å². The fourth-order valence-electron chi connectivity index (χ4n) is 5.47. The van der Waals surface area contributed by atoms with Crippen LogP contribution in [0.5, 0.6) is 0 Å². The lowest BCUT2D eigenvalue weighted by Gasteiger charge is -2.39. The van der Waals surface area contributed by atoms with Gasteiger partial charge in [-0.05, 0) is 19.8 Å². The lowest BCUT2D eigenvalue weighted by molar-refractivity contribution is -0.329. The average Bonchev–Trinajstić information content (AvgIpc) is 3.17. The van der Waals surface area contributed by atoms with Crippen LogP contribution in [0.15, 0.2) is 0 Å². The van der Waals surface area contributed by atoms with Gasteiger partial charge in [0.2, 0.25) is 31.2 Å². The minimum Gasteiger partial charge on any atom is -0.726 e. The molecule has 4 aliphatic heterocycles. The monoisotopic (exact) mass is 955 g/mol. The zero-order valence-corrected chi connectivity index (χ0v) is 36.3. The van der Waals surface area contributed by atoms with E-state index >= 15 is 0 Å². The van der Waals surface area contributed by atoms with Gasteiger partial charge >= 0.3 is 0 Å². The summed E-state index contributed by atoms with van der Waals surface area (Å²) in [4.78, 5) is 21.1. The van der Waals surface area contributed by atoms with E-state index in [1.54, 1.807) is 13.8 Å². The van der Waals surface area contributed by atoms with Crippen molar-refractivity contribution in [3.8, 4) is 0 Å². The summed E-state index contributed by atoms with van der Waals surface area (Å²) in [7, 11) is -13.2. The first-order chi connectivity index (χ1) is 28.1. The van der Waals surface area contributed by atoms with Crippen LogP contribution in [0.25, 0.3) is 0 Å². The molecule has 0 amide bonds. The Labute approximate surface area is 353 Å². The fourth-order valence-corrected chi connectivity index (χ4v) is 6.54. The number of carbonyl (C=O) groups is 2. The van der Waals surface area contributed by atoms with Crippen molar-refractivity contribution >= 4 is 43.1 Å². The van der Waals surface area contributed by atoms with Crippen molar-refractivity contribution in [2.24, 2.45) is 11.8 Å². The van der Waals surface area contributed by atoms with E-state index in [9.17, 15) is 84.2 Å². The molecular weight excluding hydrogens is 901 g/mol. The third-order valence-electron chi connectivity index (χ3n) is 8.62. The van der Waals surface area contributed by atoms with Crippen molar-refractivity contribution in [2.45, 2.75) is 121 Å². The third kappa shape index (κ3) is 22.5. The summed E-state index contributed by atoms with van der Waals surface area (Å²) in [5, 5.41) is 68.6. The first-order valence-corrected chi connectivity index (χ1v) is 22.4. The predicted octanol–water partition coefficient (Wildman–Crippen LogP) is -6.86. The number of carboxylic acids is 2. The Morgan fingerprint density at radius 3 is 1.43 bits per heavy atom. The summed E-state index contributed by atoms with van der Waals surface area (Å²) in [5.74, 6) is -3.30. The number of ether oxygens (including phenoxy) is 6. The second-order valence-corrected chi connectivity index (χ2v) is 16.2. The average molecular weight is 956 g/mol. The molecule has 14 atom stereocenters. The smallest absolute Gasteiger partial charge is 0.218 e. The molecule has 0 saturated carbocycles. The van der Waals surface area contributed by atoms with Crippen LogP contribution in [0.4, 0.5) is 0 Å². The van der Waals surface area contributed by atoms with Gasteiger partial charge in [-0.3, -0.25) is 12.5 Å². The van der Waals surface area contributed by atoms with Crippen LogP contribution in [-0.4, -0.2) is 203 Å². The molecule has 61 heavy (non-hydrogen) atoms. The molecule has 4 rings (SSSR count). The van der Waals surface area contributed by atoms with Crippen molar-refractivity contribution < 1.29 is 125 Å². The number of aliphatic hydroxyl groups excluding tert-OH is 5. The standard InChI is InChI=1S/C8H14O9S.2C7H14O7S.C7H12O4.C2H6/c1-2-15-6-5(9)4(17-18(12,13)14)3-16-7(6)8(10)11;2*1-4-2-13-5(7(9)6(4)8)3-14-15(10,11)12;1-10-5-3-2-4-11-6(5)7(8)9;1-2/h4-7,9H,2-3H2,1H3,(H,10,11)(H,12,13,14);2*4-9H,2-3H2,1H3,(H,10,11,12);5-6H,2-4H2,1H3,(H,8,9);1-2H3/p-5. The molecule has 4 heterocycles. The second-order valence-electron chi connectivity index (χ2n) is 13.1. The number of hydrogen-bond donors (Lipinski definition) is 5. The Balaban J connectivity index is 0.000000785.